The first-order chi connectivity index (χ1) is 13.4. The van der Waals surface area contributed by atoms with Crippen molar-refractivity contribution in [1.29, 1.82) is 0 Å². The lowest BCUT2D eigenvalue weighted by Gasteiger charge is -2.59. The molecule has 7 atom stereocenters. The maximum atomic E-state index is 13.5. The average molecular weight is 386 g/mol. The van der Waals surface area contributed by atoms with Crippen molar-refractivity contribution in [2.24, 2.45) is 34.5 Å². The lowest BCUT2D eigenvalue weighted by atomic mass is 9.45. The van der Waals surface area contributed by atoms with Crippen LogP contribution in [0.4, 0.5) is 0 Å². The summed E-state index contributed by atoms with van der Waals surface area (Å²) in [5, 5.41) is 10.2. The molecule has 1 N–H and O–H groups in total. The molecule has 0 bridgehead atoms. The minimum absolute atomic E-state index is 0.0735. The third kappa shape index (κ3) is 2.82. The fraction of sp³-hybridized carbons (Fsp3) is 0.880. The van der Waals surface area contributed by atoms with Crippen molar-refractivity contribution in [3.63, 3.8) is 0 Å². The van der Waals surface area contributed by atoms with Crippen molar-refractivity contribution in [1.82, 2.24) is 4.90 Å². The highest BCUT2D eigenvalue weighted by molar-refractivity contribution is 6.02. The Hall–Kier alpha value is -0.830. The van der Waals surface area contributed by atoms with E-state index in [9.17, 15) is 9.90 Å². The number of nitrogens with zero attached hydrogens (tertiary/aromatic N) is 1. The Morgan fingerprint density at radius 1 is 1.00 bits per heavy atom. The molecule has 3 heteroatoms. The number of piperidine rings is 1. The second-order valence-corrected chi connectivity index (χ2v) is 11.3. The fourth-order valence-electron chi connectivity index (χ4n) is 8.29. The first kappa shape index (κ1) is 19.2. The summed E-state index contributed by atoms with van der Waals surface area (Å²) >= 11 is 0. The van der Waals surface area contributed by atoms with E-state index >= 15 is 0 Å². The van der Waals surface area contributed by atoms with E-state index < -0.39 is 0 Å². The molecule has 0 spiro atoms. The molecule has 156 valence electrons. The number of fused-ring (bicyclic) bond motifs is 5. The highest BCUT2D eigenvalue weighted by Gasteiger charge is 2.61. The summed E-state index contributed by atoms with van der Waals surface area (Å²) in [4.78, 5) is 15.9. The van der Waals surface area contributed by atoms with Crippen LogP contribution in [0.2, 0.25) is 0 Å². The van der Waals surface area contributed by atoms with Crippen molar-refractivity contribution in [3.05, 3.63) is 11.8 Å². The molecular weight excluding hydrogens is 346 g/mol. The van der Waals surface area contributed by atoms with Gasteiger partial charge in [0.25, 0.3) is 0 Å². The van der Waals surface area contributed by atoms with Crippen molar-refractivity contribution >= 4 is 5.78 Å². The number of carbonyl (C=O) groups excluding carboxylic acids is 1. The molecule has 0 aromatic carbocycles. The Morgan fingerprint density at radius 3 is 2.57 bits per heavy atom. The monoisotopic (exact) mass is 385 g/mol. The molecule has 1 heterocycles. The predicted octanol–water partition coefficient (Wildman–Crippen LogP) is 4.94. The molecule has 1 aliphatic heterocycles. The summed E-state index contributed by atoms with van der Waals surface area (Å²) in [6.45, 7) is 7.09. The van der Waals surface area contributed by atoms with Gasteiger partial charge in [-0.1, -0.05) is 13.8 Å². The number of aliphatic hydroxyl groups excluding tert-OH is 1. The minimum Gasteiger partial charge on any atom is -0.393 e. The molecular formula is C25H39NO2. The highest BCUT2D eigenvalue weighted by atomic mass is 16.3. The van der Waals surface area contributed by atoms with Crippen LogP contribution in [0.25, 0.3) is 0 Å². The predicted molar refractivity (Wildman–Crippen MR) is 112 cm³/mol. The molecule has 3 nitrogen and oxygen atoms in total. The summed E-state index contributed by atoms with van der Waals surface area (Å²) < 4.78 is 0. The first-order valence-corrected chi connectivity index (χ1v) is 12.1. The van der Waals surface area contributed by atoms with Crippen LogP contribution >= 0.6 is 0 Å². The third-order valence-corrected chi connectivity index (χ3v) is 10.0. The number of aliphatic hydroxyl groups is 1. The standard InChI is InChI=1S/C25H39NO2/c1-24-10-8-19(27)15-18(24)6-7-20-21(24)9-11-25(2)22(20)14-17(23(25)28)16-26-12-4-3-5-13-26/h16,18-22,27H,3-15H2,1-2H3/t18?,19?,20-,21+,22+,24+,25+/m1/s1. The zero-order valence-electron chi connectivity index (χ0n) is 18.0. The van der Waals surface area contributed by atoms with Gasteiger partial charge in [0.05, 0.1) is 6.10 Å². The molecule has 4 aliphatic carbocycles. The topological polar surface area (TPSA) is 40.5 Å². The number of Topliss-reactive ketones (excluding diaryl/α,β-unsaturated/α-hetero) is 1. The minimum atomic E-state index is -0.111. The number of carbonyl (C=O) groups is 1. The molecule has 0 radical (unpaired) electrons. The molecule has 5 aliphatic rings. The number of allylic oxidation sites excluding steroid dienone is 1. The van der Waals surface area contributed by atoms with Crippen molar-refractivity contribution in [2.45, 2.75) is 90.6 Å². The zero-order chi connectivity index (χ0) is 19.5. The Labute approximate surface area is 170 Å². The number of hydrogen-bond donors (Lipinski definition) is 1. The Balaban J connectivity index is 1.40. The fourth-order valence-corrected chi connectivity index (χ4v) is 8.29. The molecule has 0 amide bonds. The van der Waals surface area contributed by atoms with Gasteiger partial charge in [-0.25, -0.2) is 0 Å². The molecule has 28 heavy (non-hydrogen) atoms. The van der Waals surface area contributed by atoms with Gasteiger partial charge in [0.1, 0.15) is 0 Å². The number of rotatable bonds is 1. The second kappa shape index (κ2) is 6.86. The first-order valence-electron chi connectivity index (χ1n) is 12.1. The lowest BCUT2D eigenvalue weighted by molar-refractivity contribution is -0.141. The van der Waals surface area contributed by atoms with Gasteiger partial charge in [0, 0.05) is 30.3 Å². The molecule has 0 aromatic rings. The average Bonchev–Trinajstić information content (AvgIpc) is 2.94. The van der Waals surface area contributed by atoms with Crippen LogP contribution in [0.15, 0.2) is 11.8 Å². The Morgan fingerprint density at radius 2 is 1.79 bits per heavy atom. The van der Waals surface area contributed by atoms with Crippen LogP contribution in [-0.4, -0.2) is 35.0 Å². The van der Waals surface area contributed by atoms with Gasteiger partial charge in [-0.2, -0.15) is 0 Å². The van der Waals surface area contributed by atoms with Crippen molar-refractivity contribution in [3.8, 4) is 0 Å². The summed E-state index contributed by atoms with van der Waals surface area (Å²) in [6, 6.07) is 0. The largest absolute Gasteiger partial charge is 0.393 e. The zero-order valence-corrected chi connectivity index (χ0v) is 18.0. The Bertz CT molecular complexity index is 665. The van der Waals surface area contributed by atoms with E-state index in [1.54, 1.807) is 0 Å². The summed E-state index contributed by atoms with van der Waals surface area (Å²) in [5.74, 6) is 3.21. The molecule has 1 saturated heterocycles. The van der Waals surface area contributed by atoms with E-state index in [0.29, 0.717) is 29.0 Å². The van der Waals surface area contributed by atoms with Gasteiger partial charge in [0.15, 0.2) is 5.78 Å². The van der Waals surface area contributed by atoms with E-state index in [0.717, 1.165) is 50.3 Å². The summed E-state index contributed by atoms with van der Waals surface area (Å²) in [7, 11) is 0. The van der Waals surface area contributed by atoms with E-state index in [2.05, 4.69) is 24.9 Å². The van der Waals surface area contributed by atoms with Crippen molar-refractivity contribution in [2.75, 3.05) is 13.1 Å². The molecule has 0 aromatic heterocycles. The van der Waals surface area contributed by atoms with Crippen LogP contribution in [0, 0.1) is 34.5 Å². The SMILES string of the molecule is C[C@]12CCC(O)CC1CC[C@@H]1[C@@H]2CC[C@]2(C)C(=O)C(=CN3CCCCC3)C[C@@H]12. The van der Waals surface area contributed by atoms with Crippen LogP contribution in [0.5, 0.6) is 0 Å². The van der Waals surface area contributed by atoms with Crippen LogP contribution in [0.3, 0.4) is 0 Å². The smallest absolute Gasteiger partial charge is 0.166 e. The maximum Gasteiger partial charge on any atom is 0.166 e. The number of likely N-dealkylation sites (tertiary alicyclic amines) is 1. The number of ketones is 1. The summed E-state index contributed by atoms with van der Waals surface area (Å²) in [6.07, 6.45) is 15.1. The van der Waals surface area contributed by atoms with Gasteiger partial charge in [-0.05, 0) is 99.7 Å². The molecule has 5 rings (SSSR count). The van der Waals surface area contributed by atoms with Gasteiger partial charge in [-0.15, -0.1) is 0 Å². The third-order valence-electron chi connectivity index (χ3n) is 10.0. The van der Waals surface area contributed by atoms with E-state index in [-0.39, 0.29) is 11.5 Å². The lowest BCUT2D eigenvalue weighted by Crippen LogP contribution is -2.54. The van der Waals surface area contributed by atoms with Gasteiger partial charge in [0.2, 0.25) is 0 Å². The van der Waals surface area contributed by atoms with Crippen LogP contribution in [-0.2, 0) is 4.79 Å². The van der Waals surface area contributed by atoms with Crippen LogP contribution in [0.1, 0.15) is 84.5 Å². The highest BCUT2D eigenvalue weighted by Crippen LogP contribution is 2.66. The molecule has 5 fully saturated rings. The number of hydrogen-bond acceptors (Lipinski definition) is 3. The summed E-state index contributed by atoms with van der Waals surface area (Å²) in [5.41, 5.74) is 1.42. The Kier molecular flexibility index (Phi) is 4.69. The normalized spacial score (nSPS) is 50.2. The van der Waals surface area contributed by atoms with Gasteiger partial charge < -0.3 is 10.0 Å². The molecule has 4 saturated carbocycles. The quantitative estimate of drug-likeness (QED) is 0.650. The maximum absolute atomic E-state index is 13.5. The van der Waals surface area contributed by atoms with E-state index in [4.69, 9.17) is 0 Å². The van der Waals surface area contributed by atoms with Gasteiger partial charge in [-0.3, -0.25) is 4.79 Å². The van der Waals surface area contributed by atoms with E-state index in [1.807, 2.05) is 0 Å². The van der Waals surface area contributed by atoms with Crippen LogP contribution < -0.4 is 0 Å². The van der Waals surface area contributed by atoms with E-state index in [1.165, 1.54) is 44.9 Å². The van der Waals surface area contributed by atoms with Gasteiger partial charge >= 0.3 is 0 Å². The molecule has 2 unspecified atom stereocenters. The second-order valence-electron chi connectivity index (χ2n) is 11.3. The van der Waals surface area contributed by atoms with Crippen molar-refractivity contribution < 1.29 is 9.90 Å².